The molecule has 2 aliphatic rings. The van der Waals surface area contributed by atoms with Crippen molar-refractivity contribution >= 4 is 11.6 Å². The van der Waals surface area contributed by atoms with Crippen molar-refractivity contribution in [1.82, 2.24) is 0 Å². The van der Waals surface area contributed by atoms with Crippen LogP contribution in [0.25, 0.3) is 0 Å². The predicted molar refractivity (Wildman–Crippen MR) is 45.5 cm³/mol. The van der Waals surface area contributed by atoms with Gasteiger partial charge in [0.1, 0.15) is 0 Å². The van der Waals surface area contributed by atoms with E-state index in [9.17, 15) is 5.11 Å². The first-order valence-electron chi connectivity index (χ1n) is 4.18. The van der Waals surface area contributed by atoms with E-state index < -0.39 is 0 Å². The van der Waals surface area contributed by atoms with Crippen LogP contribution in [0.3, 0.4) is 0 Å². The highest BCUT2D eigenvalue weighted by molar-refractivity contribution is 6.21. The van der Waals surface area contributed by atoms with Crippen LogP contribution in [0.15, 0.2) is 12.7 Å². The Hall–Kier alpha value is -0.0100. The van der Waals surface area contributed by atoms with Crippen LogP contribution >= 0.6 is 11.6 Å². The lowest BCUT2D eigenvalue weighted by atomic mass is 9.87. The molecule has 2 fully saturated rings. The predicted octanol–water partition coefficient (Wildman–Crippen LogP) is 1.80. The fraction of sp³-hybridized carbons (Fsp3) is 0.778. The lowest BCUT2D eigenvalue weighted by molar-refractivity contribution is 0.107. The highest BCUT2D eigenvalue weighted by atomic mass is 35.5. The molecule has 0 aliphatic heterocycles. The molecule has 0 amide bonds. The van der Waals surface area contributed by atoms with Crippen molar-refractivity contribution in [2.75, 3.05) is 0 Å². The minimum Gasteiger partial charge on any atom is -0.391 e. The Morgan fingerprint density at radius 1 is 1.45 bits per heavy atom. The Morgan fingerprint density at radius 2 is 2.18 bits per heavy atom. The topological polar surface area (TPSA) is 20.2 Å². The Morgan fingerprint density at radius 3 is 2.64 bits per heavy atom. The molecular formula is C9H13ClO. The van der Waals surface area contributed by atoms with E-state index in [0.29, 0.717) is 17.8 Å². The van der Waals surface area contributed by atoms with E-state index in [2.05, 4.69) is 6.58 Å². The van der Waals surface area contributed by atoms with Crippen LogP contribution < -0.4 is 0 Å². The molecule has 2 bridgehead atoms. The Labute approximate surface area is 72.1 Å². The standard InChI is InChI=1S/C9H13ClO/c1-2-5-3-6-4-7(5)8(10)9(6)11/h2,5-9,11H,1,3-4H2. The third-order valence-electron chi connectivity index (χ3n) is 3.22. The number of rotatable bonds is 1. The summed E-state index contributed by atoms with van der Waals surface area (Å²) in [6.07, 6.45) is 3.94. The third kappa shape index (κ3) is 0.944. The Bertz CT molecular complexity index is 178. The van der Waals surface area contributed by atoms with Crippen molar-refractivity contribution in [3.05, 3.63) is 12.7 Å². The van der Waals surface area contributed by atoms with E-state index in [1.807, 2.05) is 6.08 Å². The molecule has 0 aromatic carbocycles. The van der Waals surface area contributed by atoms with Crippen LogP contribution in [0.2, 0.25) is 0 Å². The molecule has 5 atom stereocenters. The molecule has 0 spiro atoms. The van der Waals surface area contributed by atoms with Crippen molar-refractivity contribution in [1.29, 1.82) is 0 Å². The van der Waals surface area contributed by atoms with Crippen LogP contribution in [0.4, 0.5) is 0 Å². The number of aliphatic hydroxyl groups excluding tert-OH is 1. The number of alkyl halides is 1. The van der Waals surface area contributed by atoms with E-state index >= 15 is 0 Å². The molecule has 1 N–H and O–H groups in total. The second kappa shape index (κ2) is 2.49. The van der Waals surface area contributed by atoms with Crippen LogP contribution in [0, 0.1) is 17.8 Å². The van der Waals surface area contributed by atoms with Gasteiger partial charge in [-0.2, -0.15) is 0 Å². The van der Waals surface area contributed by atoms with Crippen molar-refractivity contribution in [3.63, 3.8) is 0 Å². The molecule has 2 rings (SSSR count). The number of halogens is 1. The molecule has 2 saturated carbocycles. The molecular weight excluding hydrogens is 160 g/mol. The van der Waals surface area contributed by atoms with Gasteiger partial charge in [-0.05, 0) is 30.6 Å². The minimum atomic E-state index is -0.252. The van der Waals surface area contributed by atoms with Crippen molar-refractivity contribution < 1.29 is 5.11 Å². The average molecular weight is 173 g/mol. The smallest absolute Gasteiger partial charge is 0.0735 e. The van der Waals surface area contributed by atoms with Crippen molar-refractivity contribution in [2.45, 2.75) is 24.3 Å². The zero-order chi connectivity index (χ0) is 8.01. The fourth-order valence-corrected chi connectivity index (χ4v) is 3.07. The average Bonchev–Trinajstić information content (AvgIpc) is 2.53. The number of allylic oxidation sites excluding steroid dienone is 1. The van der Waals surface area contributed by atoms with Gasteiger partial charge >= 0.3 is 0 Å². The summed E-state index contributed by atoms with van der Waals surface area (Å²) in [4.78, 5) is 0. The summed E-state index contributed by atoms with van der Waals surface area (Å²) in [6, 6.07) is 0. The zero-order valence-corrected chi connectivity index (χ0v) is 7.17. The quantitative estimate of drug-likeness (QED) is 0.473. The van der Waals surface area contributed by atoms with E-state index in [-0.39, 0.29) is 11.5 Å². The van der Waals surface area contributed by atoms with Gasteiger partial charge in [-0.15, -0.1) is 18.2 Å². The first kappa shape index (κ1) is 7.63. The molecule has 0 aromatic rings. The van der Waals surface area contributed by atoms with Crippen LogP contribution in [0.5, 0.6) is 0 Å². The molecule has 2 aliphatic carbocycles. The van der Waals surface area contributed by atoms with E-state index in [1.54, 1.807) is 0 Å². The summed E-state index contributed by atoms with van der Waals surface area (Å²) in [5, 5.41) is 9.52. The van der Waals surface area contributed by atoms with Gasteiger partial charge in [-0.25, -0.2) is 0 Å². The highest BCUT2D eigenvalue weighted by Gasteiger charge is 2.50. The zero-order valence-electron chi connectivity index (χ0n) is 6.41. The monoisotopic (exact) mass is 172 g/mol. The minimum absolute atomic E-state index is 0.0169. The van der Waals surface area contributed by atoms with Gasteiger partial charge in [0.05, 0.1) is 11.5 Å². The lowest BCUT2D eigenvalue weighted by Crippen LogP contribution is -2.31. The second-order valence-electron chi connectivity index (χ2n) is 3.73. The van der Waals surface area contributed by atoms with Crippen LogP contribution in [0.1, 0.15) is 12.8 Å². The van der Waals surface area contributed by atoms with Gasteiger partial charge in [-0.1, -0.05) is 6.08 Å². The second-order valence-corrected chi connectivity index (χ2v) is 4.23. The molecule has 2 heteroatoms. The van der Waals surface area contributed by atoms with Crippen LogP contribution in [-0.4, -0.2) is 16.6 Å². The number of fused-ring (bicyclic) bond motifs is 2. The van der Waals surface area contributed by atoms with Gasteiger partial charge in [0.2, 0.25) is 0 Å². The molecule has 5 unspecified atom stereocenters. The third-order valence-corrected chi connectivity index (χ3v) is 3.80. The van der Waals surface area contributed by atoms with E-state index in [4.69, 9.17) is 11.6 Å². The maximum atomic E-state index is 9.53. The van der Waals surface area contributed by atoms with E-state index in [0.717, 1.165) is 12.8 Å². The summed E-state index contributed by atoms with van der Waals surface area (Å²) in [5.41, 5.74) is 0. The maximum absolute atomic E-state index is 9.53. The molecule has 0 aromatic heterocycles. The number of hydrogen-bond acceptors (Lipinski definition) is 1. The Balaban J connectivity index is 2.15. The van der Waals surface area contributed by atoms with Gasteiger partial charge in [0, 0.05) is 0 Å². The normalized spacial score (nSPS) is 54.9. The maximum Gasteiger partial charge on any atom is 0.0735 e. The molecule has 62 valence electrons. The molecule has 1 nitrogen and oxygen atoms in total. The van der Waals surface area contributed by atoms with Crippen molar-refractivity contribution in [3.8, 4) is 0 Å². The fourth-order valence-electron chi connectivity index (χ4n) is 2.57. The Kier molecular flexibility index (Phi) is 1.73. The van der Waals surface area contributed by atoms with Crippen molar-refractivity contribution in [2.24, 2.45) is 17.8 Å². The van der Waals surface area contributed by atoms with Crippen LogP contribution in [-0.2, 0) is 0 Å². The summed E-state index contributed by atoms with van der Waals surface area (Å²) < 4.78 is 0. The van der Waals surface area contributed by atoms with Gasteiger partial charge in [0.15, 0.2) is 0 Å². The first-order chi connectivity index (χ1) is 5.24. The highest BCUT2D eigenvalue weighted by Crippen LogP contribution is 2.50. The first-order valence-corrected chi connectivity index (χ1v) is 4.62. The summed E-state index contributed by atoms with van der Waals surface area (Å²) in [6.45, 7) is 3.78. The summed E-state index contributed by atoms with van der Waals surface area (Å²) in [7, 11) is 0. The number of hydrogen-bond donors (Lipinski definition) is 1. The molecule has 0 radical (unpaired) electrons. The van der Waals surface area contributed by atoms with Gasteiger partial charge in [0.25, 0.3) is 0 Å². The molecule has 0 saturated heterocycles. The molecule has 0 heterocycles. The molecule has 11 heavy (non-hydrogen) atoms. The van der Waals surface area contributed by atoms with E-state index in [1.165, 1.54) is 0 Å². The summed E-state index contributed by atoms with van der Waals surface area (Å²) in [5.74, 6) is 1.51. The van der Waals surface area contributed by atoms with Gasteiger partial charge < -0.3 is 5.11 Å². The summed E-state index contributed by atoms with van der Waals surface area (Å²) >= 11 is 6.03. The SMILES string of the molecule is C=CC1CC2CC1C(Cl)C2O. The van der Waals surface area contributed by atoms with Gasteiger partial charge in [-0.3, -0.25) is 0 Å². The lowest BCUT2D eigenvalue weighted by Gasteiger charge is -2.26. The number of aliphatic hydroxyl groups is 1. The largest absolute Gasteiger partial charge is 0.391 e.